The summed E-state index contributed by atoms with van der Waals surface area (Å²) in [6.45, 7) is 1.14. The third-order valence-electron chi connectivity index (χ3n) is 6.65. The van der Waals surface area contributed by atoms with Crippen molar-refractivity contribution >= 4 is 0 Å². The van der Waals surface area contributed by atoms with Gasteiger partial charge in [0.25, 0.3) is 0 Å². The first-order valence-electron chi connectivity index (χ1n) is 11.3. The molecule has 0 saturated carbocycles. The highest BCUT2D eigenvalue weighted by molar-refractivity contribution is 5.35. The highest BCUT2D eigenvalue weighted by Crippen LogP contribution is 2.40. The van der Waals surface area contributed by atoms with Gasteiger partial charge in [0.05, 0.1) is 29.4 Å². The van der Waals surface area contributed by atoms with Gasteiger partial charge in [-0.15, -0.1) is 0 Å². The van der Waals surface area contributed by atoms with Crippen molar-refractivity contribution in [2.75, 3.05) is 13.2 Å². The van der Waals surface area contributed by atoms with Crippen LogP contribution in [-0.4, -0.2) is 33.0 Å². The number of piperidine rings is 1. The highest BCUT2D eigenvalue weighted by atomic mass is 19.4. The molecule has 1 aromatic heterocycles. The average Bonchev–Trinajstić information content (AvgIpc) is 3.30. The molecule has 0 radical (unpaired) electrons. The Hall–Kier alpha value is -3.16. The maximum absolute atomic E-state index is 13.3. The van der Waals surface area contributed by atoms with E-state index in [1.54, 1.807) is 30.3 Å². The third-order valence-corrected chi connectivity index (χ3v) is 6.65. The molecule has 13 heteroatoms. The van der Waals surface area contributed by atoms with E-state index in [-0.39, 0.29) is 37.6 Å². The van der Waals surface area contributed by atoms with E-state index >= 15 is 0 Å². The van der Waals surface area contributed by atoms with Crippen molar-refractivity contribution in [2.24, 2.45) is 0 Å². The van der Waals surface area contributed by atoms with Crippen LogP contribution in [0.2, 0.25) is 0 Å². The van der Waals surface area contributed by atoms with Gasteiger partial charge in [-0.2, -0.15) is 31.4 Å². The summed E-state index contributed by atoms with van der Waals surface area (Å²) in [7, 11) is 0. The van der Waals surface area contributed by atoms with Gasteiger partial charge in [-0.1, -0.05) is 30.3 Å². The number of aromatic amines is 1. The van der Waals surface area contributed by atoms with Crippen LogP contribution in [-0.2, 0) is 28.4 Å². The third kappa shape index (κ3) is 5.58. The molecule has 1 saturated heterocycles. The topological polar surface area (TPSA) is 92.2 Å². The summed E-state index contributed by atoms with van der Waals surface area (Å²) in [4.78, 5) is 12.0. The number of rotatable bonds is 6. The van der Waals surface area contributed by atoms with Crippen molar-refractivity contribution in [3.63, 3.8) is 0 Å². The Morgan fingerprint density at radius 1 is 1.05 bits per heavy atom. The van der Waals surface area contributed by atoms with Crippen LogP contribution in [0.1, 0.15) is 48.1 Å². The lowest BCUT2D eigenvalue weighted by atomic mass is 9.80. The Morgan fingerprint density at radius 2 is 1.68 bits per heavy atom. The van der Waals surface area contributed by atoms with E-state index in [4.69, 9.17) is 4.74 Å². The fraction of sp³-hybridized carbons (Fsp3) is 0.417. The number of nitrogens with one attached hydrogen (secondary N) is 2. The summed E-state index contributed by atoms with van der Waals surface area (Å²) >= 11 is 0. The zero-order valence-electron chi connectivity index (χ0n) is 19.5. The van der Waals surface area contributed by atoms with Crippen LogP contribution in [0.5, 0.6) is 0 Å². The molecule has 0 spiro atoms. The number of halogens is 6. The number of H-pyrrole nitrogens is 1. The Kier molecular flexibility index (Phi) is 6.99. The molecule has 0 bridgehead atoms. The average molecular weight is 530 g/mol. The van der Waals surface area contributed by atoms with Gasteiger partial charge in [0.2, 0.25) is 0 Å². The summed E-state index contributed by atoms with van der Waals surface area (Å²) in [6.07, 6.45) is -9.57. The van der Waals surface area contributed by atoms with E-state index in [1.165, 1.54) is 13.3 Å². The number of benzene rings is 2. The standard InChI is InChI=1S/C24H24F6N4O3/c1-15(16-9-18(23(25,26)27)11-19(10-16)24(28,29)30)37-13-21(17-5-3-2-4-6-17)7-8-22(36,12-31-21)34-14-32-33-20(34)35/h2-6,9-11,14-15,31,36H,7-8,12-13H2,1H3,(H,33,35)/t15-,21-,22-/m1/s1. The molecule has 7 nitrogen and oxygen atoms in total. The normalized spacial score (nSPS) is 23.7. The van der Waals surface area contributed by atoms with E-state index in [9.17, 15) is 36.2 Å². The number of alkyl halides is 6. The van der Waals surface area contributed by atoms with E-state index in [0.717, 1.165) is 10.1 Å². The van der Waals surface area contributed by atoms with E-state index in [2.05, 4.69) is 15.5 Å². The first-order valence-corrected chi connectivity index (χ1v) is 11.3. The number of ether oxygens (including phenoxy) is 1. The van der Waals surface area contributed by atoms with Crippen molar-refractivity contribution in [3.05, 3.63) is 87.6 Å². The van der Waals surface area contributed by atoms with Gasteiger partial charge in [-0.05, 0) is 49.1 Å². The van der Waals surface area contributed by atoms with Crippen LogP contribution in [0, 0.1) is 0 Å². The van der Waals surface area contributed by atoms with Crippen LogP contribution in [0.15, 0.2) is 59.7 Å². The minimum Gasteiger partial charge on any atom is -0.372 e. The number of β-amino-alcohol motifs (C(OH)–C–C–N with tert-alkyl or cyclic N) is 1. The van der Waals surface area contributed by atoms with Crippen molar-refractivity contribution in [1.29, 1.82) is 0 Å². The summed E-state index contributed by atoms with van der Waals surface area (Å²) in [5, 5.41) is 20.1. The molecule has 200 valence electrons. The minimum absolute atomic E-state index is 0.0724. The maximum atomic E-state index is 13.3. The minimum atomic E-state index is -4.97. The summed E-state index contributed by atoms with van der Waals surface area (Å²) in [6, 6.07) is 10.3. The summed E-state index contributed by atoms with van der Waals surface area (Å²) in [5.41, 5.74) is -5.52. The second kappa shape index (κ2) is 9.62. The Balaban J connectivity index is 1.60. The zero-order chi connectivity index (χ0) is 27.1. The molecular formula is C24H24F6N4O3. The molecule has 0 amide bonds. The molecule has 4 rings (SSSR count). The van der Waals surface area contributed by atoms with Crippen molar-refractivity contribution in [2.45, 2.75) is 49.5 Å². The Labute approximate surface area is 207 Å². The predicted octanol–water partition coefficient (Wildman–Crippen LogP) is 4.31. The summed E-state index contributed by atoms with van der Waals surface area (Å²) in [5.74, 6) is 0. The molecule has 2 heterocycles. The van der Waals surface area contributed by atoms with Gasteiger partial charge in [-0.3, -0.25) is 4.57 Å². The van der Waals surface area contributed by atoms with E-state index in [0.29, 0.717) is 12.1 Å². The van der Waals surface area contributed by atoms with Crippen LogP contribution < -0.4 is 11.0 Å². The molecule has 3 atom stereocenters. The van der Waals surface area contributed by atoms with Gasteiger partial charge >= 0.3 is 18.0 Å². The number of hydrogen-bond acceptors (Lipinski definition) is 5. The maximum Gasteiger partial charge on any atom is 0.416 e. The van der Waals surface area contributed by atoms with E-state index in [1.807, 2.05) is 0 Å². The van der Waals surface area contributed by atoms with Crippen LogP contribution >= 0.6 is 0 Å². The van der Waals surface area contributed by atoms with Crippen LogP contribution in [0.25, 0.3) is 0 Å². The smallest absolute Gasteiger partial charge is 0.372 e. The highest BCUT2D eigenvalue weighted by Gasteiger charge is 2.45. The molecule has 1 aliphatic heterocycles. The Bertz CT molecular complexity index is 1250. The number of hydrogen-bond donors (Lipinski definition) is 3. The van der Waals surface area contributed by atoms with Crippen molar-refractivity contribution < 1.29 is 36.2 Å². The zero-order valence-corrected chi connectivity index (χ0v) is 19.5. The molecule has 0 aliphatic carbocycles. The number of aromatic nitrogens is 3. The van der Waals surface area contributed by atoms with Crippen molar-refractivity contribution in [3.8, 4) is 0 Å². The lowest BCUT2D eigenvalue weighted by Gasteiger charge is -2.45. The first kappa shape index (κ1) is 26.9. The van der Waals surface area contributed by atoms with E-state index < -0.39 is 46.5 Å². The lowest BCUT2D eigenvalue weighted by molar-refractivity contribution is -0.143. The van der Waals surface area contributed by atoms with Gasteiger partial charge in [0.15, 0.2) is 5.72 Å². The van der Waals surface area contributed by atoms with Gasteiger partial charge < -0.3 is 15.2 Å². The fourth-order valence-electron chi connectivity index (χ4n) is 4.44. The molecular weight excluding hydrogens is 506 g/mol. The Morgan fingerprint density at radius 3 is 2.16 bits per heavy atom. The lowest BCUT2D eigenvalue weighted by Crippen LogP contribution is -2.60. The largest absolute Gasteiger partial charge is 0.416 e. The molecule has 37 heavy (non-hydrogen) atoms. The van der Waals surface area contributed by atoms with Crippen LogP contribution in [0.4, 0.5) is 26.3 Å². The molecule has 1 fully saturated rings. The second-order valence-corrected chi connectivity index (χ2v) is 9.11. The van der Waals surface area contributed by atoms with Gasteiger partial charge in [0, 0.05) is 6.54 Å². The molecule has 2 aromatic carbocycles. The number of aliphatic hydroxyl groups is 1. The fourth-order valence-corrected chi connectivity index (χ4v) is 4.44. The van der Waals surface area contributed by atoms with Gasteiger partial charge in [0.1, 0.15) is 6.33 Å². The monoisotopic (exact) mass is 530 g/mol. The van der Waals surface area contributed by atoms with Crippen molar-refractivity contribution in [1.82, 2.24) is 20.1 Å². The molecule has 0 unspecified atom stereocenters. The molecule has 1 aliphatic rings. The number of nitrogens with zero attached hydrogens (tertiary/aromatic N) is 2. The first-order chi connectivity index (χ1) is 17.2. The SMILES string of the molecule is C[C@@H](OC[C@@]1(c2ccccc2)CC[C@](O)(n2cn[nH]c2=O)CN1)c1cc(C(F)(F)F)cc(C(F)(F)F)c1. The summed E-state index contributed by atoms with van der Waals surface area (Å²) < 4.78 is 86.8. The van der Waals surface area contributed by atoms with Gasteiger partial charge in [-0.25, -0.2) is 9.89 Å². The quantitative estimate of drug-likeness (QED) is 0.413. The predicted molar refractivity (Wildman–Crippen MR) is 119 cm³/mol. The molecule has 3 N–H and O–H groups in total. The molecule has 3 aromatic rings. The van der Waals surface area contributed by atoms with Crippen LogP contribution in [0.3, 0.4) is 0 Å². The second-order valence-electron chi connectivity index (χ2n) is 9.11.